The summed E-state index contributed by atoms with van der Waals surface area (Å²) in [4.78, 5) is 53.6. The van der Waals surface area contributed by atoms with Gasteiger partial charge in [-0.15, -0.1) is 0 Å². The number of aromatic nitrogens is 1. The molecule has 0 aliphatic carbocycles. The Labute approximate surface area is 205 Å². The molecule has 3 atom stereocenters. The molecule has 0 unspecified atom stereocenters. The second-order valence-electron chi connectivity index (χ2n) is 9.88. The number of hydrogen-bond acceptors (Lipinski definition) is 7. The van der Waals surface area contributed by atoms with Crippen molar-refractivity contribution in [3.8, 4) is 0 Å². The van der Waals surface area contributed by atoms with E-state index in [4.69, 9.17) is 4.74 Å². The average Bonchev–Trinajstić information content (AvgIpc) is 3.27. The molecule has 2 saturated heterocycles. The van der Waals surface area contributed by atoms with Crippen LogP contribution in [0, 0.1) is 5.92 Å². The third kappa shape index (κ3) is 4.01. The van der Waals surface area contributed by atoms with Crippen LogP contribution in [0.15, 0.2) is 34.1 Å². The topological polar surface area (TPSA) is 97.7 Å². The van der Waals surface area contributed by atoms with Crippen molar-refractivity contribution in [3.63, 3.8) is 0 Å². The number of morpholine rings is 1. The Morgan fingerprint density at radius 3 is 2.41 bits per heavy atom. The maximum Gasteiger partial charge on any atom is 0.308 e. The number of hydrogen-bond donors (Lipinski definition) is 1. The Morgan fingerprint density at radius 2 is 1.76 bits per heavy atom. The van der Waals surface area contributed by atoms with Gasteiger partial charge in [-0.05, 0) is 16.5 Å². The van der Waals surface area contributed by atoms with E-state index in [1.54, 1.807) is 4.90 Å². The lowest BCUT2D eigenvalue weighted by atomic mass is 9.81. The van der Waals surface area contributed by atoms with E-state index in [-0.39, 0.29) is 34.6 Å². The lowest BCUT2D eigenvalue weighted by Crippen LogP contribution is -2.43. The van der Waals surface area contributed by atoms with E-state index in [1.807, 2.05) is 24.3 Å². The number of rotatable bonds is 3. The second-order valence-corrected chi connectivity index (χ2v) is 12.0. The third-order valence-electron chi connectivity index (χ3n) is 6.68. The molecule has 10 heteroatoms. The van der Waals surface area contributed by atoms with Crippen LogP contribution in [0.4, 0.5) is 0 Å². The van der Waals surface area contributed by atoms with Crippen LogP contribution in [0.5, 0.6) is 0 Å². The number of ether oxygens (including phenoxy) is 1. The summed E-state index contributed by atoms with van der Waals surface area (Å²) < 4.78 is 6.80. The zero-order valence-electron chi connectivity index (χ0n) is 19.3. The molecule has 1 aromatic carbocycles. The van der Waals surface area contributed by atoms with Gasteiger partial charge in [-0.3, -0.25) is 29.1 Å². The summed E-state index contributed by atoms with van der Waals surface area (Å²) in [5, 5.41) is 2.46. The summed E-state index contributed by atoms with van der Waals surface area (Å²) in [6.07, 6.45) is 0. The van der Waals surface area contributed by atoms with E-state index in [0.29, 0.717) is 31.3 Å². The first kappa shape index (κ1) is 23.3. The molecule has 1 N–H and O–H groups in total. The van der Waals surface area contributed by atoms with E-state index in [1.165, 1.54) is 16.3 Å². The first-order valence-electron chi connectivity index (χ1n) is 11.4. The molecule has 1 aromatic heterocycles. The van der Waals surface area contributed by atoms with E-state index < -0.39 is 17.1 Å². The number of imide groups is 1. The van der Waals surface area contributed by atoms with Crippen molar-refractivity contribution < 1.29 is 19.1 Å². The van der Waals surface area contributed by atoms with Crippen LogP contribution in [0.2, 0.25) is 0 Å². The first-order valence-corrected chi connectivity index (χ1v) is 13.1. The summed E-state index contributed by atoms with van der Waals surface area (Å²) >= 11 is 2.30. The maximum absolute atomic E-state index is 13.1. The highest BCUT2D eigenvalue weighted by atomic mass is 32.2. The van der Waals surface area contributed by atoms with Gasteiger partial charge in [-0.25, -0.2) is 0 Å². The standard InChI is InChI=1S/C24H27N3O5S2/c1-24(2,3)14-6-4-13(5-7-14)16-17-18(21(30)25-20(17)29)33-22-19(16)34-23(31)27(22)12-15(28)26-8-10-32-11-9-26/h4-7,16-18H,8-12H2,1-3H3,(H,25,29,30)/t16-,17+,18-/m0/s1. The lowest BCUT2D eigenvalue weighted by Gasteiger charge is -2.31. The molecule has 0 spiro atoms. The zero-order chi connectivity index (χ0) is 24.2. The van der Waals surface area contributed by atoms with Gasteiger partial charge in [0.1, 0.15) is 11.8 Å². The summed E-state index contributed by atoms with van der Waals surface area (Å²) in [6.45, 7) is 8.27. The number of carbonyl (C=O) groups is 3. The first-order chi connectivity index (χ1) is 16.1. The molecule has 3 aliphatic heterocycles. The van der Waals surface area contributed by atoms with Crippen LogP contribution in [-0.4, -0.2) is 58.7 Å². The Balaban J connectivity index is 1.55. The highest BCUT2D eigenvalue weighted by Gasteiger charge is 2.52. The van der Waals surface area contributed by atoms with Crippen molar-refractivity contribution in [3.05, 3.63) is 49.9 Å². The van der Waals surface area contributed by atoms with Crippen molar-refractivity contribution >= 4 is 40.8 Å². The van der Waals surface area contributed by atoms with Crippen molar-refractivity contribution in [2.24, 2.45) is 5.92 Å². The van der Waals surface area contributed by atoms with Gasteiger partial charge < -0.3 is 9.64 Å². The van der Waals surface area contributed by atoms with E-state index in [2.05, 4.69) is 26.1 Å². The fourth-order valence-electron chi connectivity index (χ4n) is 4.77. The summed E-state index contributed by atoms with van der Waals surface area (Å²) in [5.41, 5.74) is 2.03. The lowest BCUT2D eigenvalue weighted by molar-refractivity contribution is -0.136. The molecule has 3 aliphatic rings. The normalized spacial score (nSPS) is 24.6. The van der Waals surface area contributed by atoms with Gasteiger partial charge in [-0.1, -0.05) is 68.1 Å². The number of carbonyl (C=O) groups excluding carboxylic acids is 3. The molecule has 5 rings (SSSR count). The predicted octanol–water partition coefficient (Wildman–Crippen LogP) is 1.94. The minimum atomic E-state index is -0.633. The molecule has 34 heavy (non-hydrogen) atoms. The molecule has 180 valence electrons. The Hall–Kier alpha value is -2.43. The fourth-order valence-corrected chi connectivity index (χ4v) is 7.51. The highest BCUT2D eigenvalue weighted by Crippen LogP contribution is 2.51. The number of fused-ring (bicyclic) bond motifs is 2. The van der Waals surface area contributed by atoms with Gasteiger partial charge in [0.25, 0.3) is 0 Å². The Morgan fingerprint density at radius 1 is 1.09 bits per heavy atom. The molecule has 0 radical (unpaired) electrons. The monoisotopic (exact) mass is 501 g/mol. The quantitative estimate of drug-likeness (QED) is 0.646. The summed E-state index contributed by atoms with van der Waals surface area (Å²) in [6, 6.07) is 8.07. The Kier molecular flexibility index (Phi) is 5.94. The maximum atomic E-state index is 13.1. The average molecular weight is 502 g/mol. The second kappa shape index (κ2) is 8.66. The third-order valence-corrected chi connectivity index (χ3v) is 9.30. The smallest absolute Gasteiger partial charge is 0.308 e. The minimum Gasteiger partial charge on any atom is -0.378 e. The van der Waals surface area contributed by atoms with E-state index in [9.17, 15) is 19.2 Å². The largest absolute Gasteiger partial charge is 0.378 e. The fraction of sp³-hybridized carbons (Fsp3) is 0.500. The van der Waals surface area contributed by atoms with Gasteiger partial charge in [0, 0.05) is 23.9 Å². The predicted molar refractivity (Wildman–Crippen MR) is 129 cm³/mol. The van der Waals surface area contributed by atoms with Crippen LogP contribution >= 0.6 is 23.1 Å². The highest BCUT2D eigenvalue weighted by molar-refractivity contribution is 8.00. The SMILES string of the molecule is CC(C)(C)c1ccc([C@@H]2c3sc(=O)n(CC(=O)N4CCOCC4)c3S[C@@H]3C(=O)NC(=O)[C@H]23)cc1. The Bertz CT molecular complexity index is 1200. The minimum absolute atomic E-state index is 0.0245. The van der Waals surface area contributed by atoms with Gasteiger partial charge in [0.15, 0.2) is 0 Å². The molecule has 0 bridgehead atoms. The van der Waals surface area contributed by atoms with Crippen LogP contribution in [0.25, 0.3) is 0 Å². The molecule has 4 heterocycles. The van der Waals surface area contributed by atoms with Crippen molar-refractivity contribution in [1.29, 1.82) is 0 Å². The molecule has 0 saturated carbocycles. The molecule has 8 nitrogen and oxygen atoms in total. The number of nitrogens with zero attached hydrogens (tertiary/aromatic N) is 2. The molecule has 3 amide bonds. The van der Waals surface area contributed by atoms with Crippen LogP contribution in [-0.2, 0) is 31.1 Å². The zero-order valence-corrected chi connectivity index (χ0v) is 21.0. The number of thiazole rings is 1. The van der Waals surface area contributed by atoms with Crippen molar-refractivity contribution in [2.45, 2.75) is 48.9 Å². The number of benzene rings is 1. The van der Waals surface area contributed by atoms with Crippen LogP contribution in [0.3, 0.4) is 0 Å². The number of nitrogens with one attached hydrogen (secondary N) is 1. The molecule has 2 aromatic rings. The van der Waals surface area contributed by atoms with Gasteiger partial charge in [-0.2, -0.15) is 0 Å². The van der Waals surface area contributed by atoms with Gasteiger partial charge >= 0.3 is 4.87 Å². The summed E-state index contributed by atoms with van der Waals surface area (Å²) in [5.74, 6) is -1.81. The molecular weight excluding hydrogens is 474 g/mol. The van der Waals surface area contributed by atoms with Crippen molar-refractivity contribution in [2.75, 3.05) is 26.3 Å². The van der Waals surface area contributed by atoms with E-state index in [0.717, 1.165) is 27.3 Å². The van der Waals surface area contributed by atoms with Gasteiger partial charge in [0.05, 0.1) is 24.2 Å². The number of thioether (sulfide) groups is 1. The van der Waals surface area contributed by atoms with Crippen molar-refractivity contribution in [1.82, 2.24) is 14.8 Å². The van der Waals surface area contributed by atoms with Gasteiger partial charge in [0.2, 0.25) is 17.7 Å². The molecule has 2 fully saturated rings. The van der Waals surface area contributed by atoms with Crippen LogP contribution in [0.1, 0.15) is 42.7 Å². The molecular formula is C24H27N3O5S2. The van der Waals surface area contributed by atoms with Crippen LogP contribution < -0.4 is 10.2 Å². The summed E-state index contributed by atoms with van der Waals surface area (Å²) in [7, 11) is 0. The number of amides is 3. The van der Waals surface area contributed by atoms with E-state index >= 15 is 0 Å².